The Labute approximate surface area is 105 Å². The Kier molecular flexibility index (Phi) is 3.40. The first-order chi connectivity index (χ1) is 8.74. The highest BCUT2D eigenvalue weighted by Crippen LogP contribution is 2.24. The van der Waals surface area contributed by atoms with Crippen molar-refractivity contribution in [3.8, 4) is 11.1 Å². The van der Waals surface area contributed by atoms with Crippen molar-refractivity contribution in [3.63, 3.8) is 0 Å². The van der Waals surface area contributed by atoms with Crippen LogP contribution in [0, 0.1) is 6.57 Å². The molecule has 0 aromatic heterocycles. The van der Waals surface area contributed by atoms with E-state index >= 15 is 0 Å². The minimum absolute atomic E-state index is 0.351. The Morgan fingerprint density at radius 3 is 2.44 bits per heavy atom. The number of hydrogen-bond acceptors (Lipinski definition) is 2. The second-order valence-corrected chi connectivity index (χ2v) is 3.73. The minimum Gasteiger partial charge on any atom is -0.465 e. The molecule has 18 heavy (non-hydrogen) atoms. The monoisotopic (exact) mass is 237 g/mol. The van der Waals surface area contributed by atoms with Crippen molar-refractivity contribution in [2.75, 3.05) is 7.11 Å². The number of carbonyl (C=O) groups excluding carboxylic acids is 1. The standard InChI is InChI=1S/C15H11NO2/c1-16-14-5-3-4-13(10-14)11-6-8-12(9-7-11)15(17)18-2/h3-10H,2H3. The molecule has 0 aliphatic heterocycles. The summed E-state index contributed by atoms with van der Waals surface area (Å²) < 4.78 is 4.64. The lowest BCUT2D eigenvalue weighted by atomic mass is 10.0. The fraction of sp³-hybridized carbons (Fsp3) is 0.0667. The Bertz CT molecular complexity index is 609. The molecular formula is C15H11NO2. The fourth-order valence-corrected chi connectivity index (χ4v) is 1.67. The maximum Gasteiger partial charge on any atom is 0.337 e. The van der Waals surface area contributed by atoms with Crippen LogP contribution >= 0.6 is 0 Å². The zero-order valence-corrected chi connectivity index (χ0v) is 9.88. The number of nitrogens with zero attached hydrogens (tertiary/aromatic N) is 1. The maximum absolute atomic E-state index is 11.3. The van der Waals surface area contributed by atoms with Gasteiger partial charge in [-0.3, -0.25) is 0 Å². The normalized spacial score (nSPS) is 9.56. The van der Waals surface area contributed by atoms with E-state index in [0.717, 1.165) is 11.1 Å². The van der Waals surface area contributed by atoms with Gasteiger partial charge in [0.1, 0.15) is 0 Å². The van der Waals surface area contributed by atoms with Crippen LogP contribution in [0.5, 0.6) is 0 Å². The molecule has 0 aliphatic carbocycles. The number of benzene rings is 2. The van der Waals surface area contributed by atoms with E-state index in [9.17, 15) is 4.79 Å². The molecule has 0 N–H and O–H groups in total. The number of esters is 1. The molecule has 2 aromatic carbocycles. The van der Waals surface area contributed by atoms with Crippen molar-refractivity contribution in [1.29, 1.82) is 0 Å². The van der Waals surface area contributed by atoms with Gasteiger partial charge in [-0.2, -0.15) is 0 Å². The van der Waals surface area contributed by atoms with Crippen LogP contribution in [0.2, 0.25) is 0 Å². The maximum atomic E-state index is 11.3. The second kappa shape index (κ2) is 5.15. The first kappa shape index (κ1) is 11.9. The van der Waals surface area contributed by atoms with E-state index in [1.165, 1.54) is 7.11 Å². The van der Waals surface area contributed by atoms with Crippen LogP contribution in [0.15, 0.2) is 48.5 Å². The van der Waals surface area contributed by atoms with Gasteiger partial charge in [-0.05, 0) is 29.3 Å². The topological polar surface area (TPSA) is 30.7 Å². The first-order valence-electron chi connectivity index (χ1n) is 5.41. The molecule has 0 bridgehead atoms. The average Bonchev–Trinajstić information content (AvgIpc) is 2.46. The third kappa shape index (κ3) is 2.38. The average molecular weight is 237 g/mol. The molecule has 0 heterocycles. The summed E-state index contributed by atoms with van der Waals surface area (Å²) in [6.45, 7) is 6.98. The van der Waals surface area contributed by atoms with Gasteiger partial charge in [-0.15, -0.1) is 0 Å². The van der Waals surface area contributed by atoms with Gasteiger partial charge in [0, 0.05) is 0 Å². The van der Waals surface area contributed by atoms with E-state index in [0.29, 0.717) is 11.3 Å². The highest BCUT2D eigenvalue weighted by Gasteiger charge is 2.05. The van der Waals surface area contributed by atoms with E-state index in [1.54, 1.807) is 18.2 Å². The largest absolute Gasteiger partial charge is 0.465 e. The van der Waals surface area contributed by atoms with Crippen LogP contribution in [0.1, 0.15) is 10.4 Å². The third-order valence-corrected chi connectivity index (χ3v) is 2.61. The zero-order chi connectivity index (χ0) is 13.0. The highest BCUT2D eigenvalue weighted by molar-refractivity contribution is 5.90. The van der Waals surface area contributed by atoms with Crippen molar-refractivity contribution in [2.45, 2.75) is 0 Å². The summed E-state index contributed by atoms with van der Waals surface area (Å²) in [7, 11) is 1.36. The lowest BCUT2D eigenvalue weighted by Gasteiger charge is -2.04. The fourth-order valence-electron chi connectivity index (χ4n) is 1.67. The lowest BCUT2D eigenvalue weighted by molar-refractivity contribution is 0.0601. The summed E-state index contributed by atoms with van der Waals surface area (Å²) >= 11 is 0. The molecule has 0 radical (unpaired) electrons. The number of ether oxygens (including phenoxy) is 1. The SMILES string of the molecule is [C-]#[N+]c1cccc(-c2ccc(C(=O)OC)cc2)c1. The predicted octanol–water partition coefficient (Wildman–Crippen LogP) is 3.69. The Morgan fingerprint density at radius 1 is 1.11 bits per heavy atom. The first-order valence-corrected chi connectivity index (χ1v) is 5.41. The van der Waals surface area contributed by atoms with Gasteiger partial charge in [-0.25, -0.2) is 9.64 Å². The summed E-state index contributed by atoms with van der Waals surface area (Å²) in [4.78, 5) is 14.7. The number of carbonyl (C=O) groups is 1. The Hall–Kier alpha value is -2.60. The molecule has 2 aromatic rings. The molecule has 0 fully saturated rings. The molecule has 0 amide bonds. The number of methoxy groups -OCH3 is 1. The van der Waals surface area contributed by atoms with Gasteiger partial charge in [0.15, 0.2) is 5.69 Å². The Balaban J connectivity index is 2.34. The lowest BCUT2D eigenvalue weighted by Crippen LogP contribution is -2.00. The molecule has 0 spiro atoms. The van der Waals surface area contributed by atoms with Crippen molar-refractivity contribution >= 4 is 11.7 Å². The van der Waals surface area contributed by atoms with E-state index in [2.05, 4.69) is 9.58 Å². The number of hydrogen-bond donors (Lipinski definition) is 0. The van der Waals surface area contributed by atoms with Gasteiger partial charge in [0.2, 0.25) is 0 Å². The summed E-state index contributed by atoms with van der Waals surface area (Å²) in [5, 5.41) is 0. The molecule has 2 rings (SSSR count). The van der Waals surface area contributed by atoms with Gasteiger partial charge in [0.25, 0.3) is 0 Å². The van der Waals surface area contributed by atoms with Gasteiger partial charge in [0.05, 0.1) is 19.2 Å². The molecule has 0 saturated heterocycles. The van der Waals surface area contributed by atoms with Crippen LogP contribution < -0.4 is 0 Å². The molecule has 0 unspecified atom stereocenters. The van der Waals surface area contributed by atoms with E-state index in [1.807, 2.05) is 30.3 Å². The summed E-state index contributed by atoms with van der Waals surface area (Å²) in [6.07, 6.45) is 0. The highest BCUT2D eigenvalue weighted by atomic mass is 16.5. The molecule has 3 nitrogen and oxygen atoms in total. The quantitative estimate of drug-likeness (QED) is 0.589. The summed E-state index contributed by atoms with van der Waals surface area (Å²) in [6, 6.07) is 14.5. The minimum atomic E-state index is -0.351. The van der Waals surface area contributed by atoms with Crippen molar-refractivity contribution in [1.82, 2.24) is 0 Å². The summed E-state index contributed by atoms with van der Waals surface area (Å²) in [5.41, 5.74) is 3.04. The zero-order valence-electron chi connectivity index (χ0n) is 9.88. The second-order valence-electron chi connectivity index (χ2n) is 3.73. The van der Waals surface area contributed by atoms with E-state index < -0.39 is 0 Å². The van der Waals surface area contributed by atoms with Gasteiger partial charge < -0.3 is 4.74 Å². The third-order valence-electron chi connectivity index (χ3n) is 2.61. The molecule has 0 atom stereocenters. The van der Waals surface area contributed by atoms with Gasteiger partial charge >= 0.3 is 5.97 Å². The predicted molar refractivity (Wildman–Crippen MR) is 69.5 cm³/mol. The smallest absolute Gasteiger partial charge is 0.337 e. The molecular weight excluding hydrogens is 226 g/mol. The number of rotatable bonds is 2. The van der Waals surface area contributed by atoms with Crippen molar-refractivity contribution < 1.29 is 9.53 Å². The van der Waals surface area contributed by atoms with Crippen molar-refractivity contribution in [3.05, 3.63) is 65.5 Å². The summed E-state index contributed by atoms with van der Waals surface area (Å²) in [5.74, 6) is -0.351. The Morgan fingerprint density at radius 2 is 1.83 bits per heavy atom. The molecule has 88 valence electrons. The van der Waals surface area contributed by atoms with Crippen LogP contribution in [-0.4, -0.2) is 13.1 Å². The van der Waals surface area contributed by atoms with Crippen molar-refractivity contribution in [2.24, 2.45) is 0 Å². The van der Waals surface area contributed by atoms with Crippen LogP contribution in [0.3, 0.4) is 0 Å². The van der Waals surface area contributed by atoms with Crippen LogP contribution in [0.4, 0.5) is 5.69 Å². The van der Waals surface area contributed by atoms with Crippen LogP contribution in [-0.2, 0) is 4.74 Å². The molecule has 3 heteroatoms. The van der Waals surface area contributed by atoms with E-state index in [4.69, 9.17) is 6.57 Å². The van der Waals surface area contributed by atoms with Crippen LogP contribution in [0.25, 0.3) is 16.0 Å². The van der Waals surface area contributed by atoms with Gasteiger partial charge in [-0.1, -0.05) is 30.3 Å². The molecule has 0 saturated carbocycles. The van der Waals surface area contributed by atoms with E-state index in [-0.39, 0.29) is 5.97 Å². The molecule has 0 aliphatic rings.